The molecule has 7 nitrogen and oxygen atoms in total. The number of nitrogens with zero attached hydrogens (tertiary/aromatic N) is 2. The number of hydrogen-bond acceptors (Lipinski definition) is 7. The van der Waals surface area contributed by atoms with Gasteiger partial charge in [0.15, 0.2) is 11.5 Å². The zero-order valence-electron chi connectivity index (χ0n) is 15.2. The summed E-state index contributed by atoms with van der Waals surface area (Å²) >= 11 is 1.47. The molecule has 2 N–H and O–H groups in total. The highest BCUT2D eigenvalue weighted by Crippen LogP contribution is 2.34. The van der Waals surface area contributed by atoms with E-state index < -0.39 is 0 Å². The molecule has 0 unspecified atom stereocenters. The summed E-state index contributed by atoms with van der Waals surface area (Å²) in [5.41, 5.74) is 1.88. The van der Waals surface area contributed by atoms with Gasteiger partial charge in [0.1, 0.15) is 0 Å². The Hall–Kier alpha value is -2.87. The minimum Gasteiger partial charge on any atom is -0.454 e. The van der Waals surface area contributed by atoms with Gasteiger partial charge in [-0.15, -0.1) is 11.3 Å². The maximum atomic E-state index is 12.8. The van der Waals surface area contributed by atoms with Crippen molar-refractivity contribution in [2.45, 2.75) is 38.1 Å². The lowest BCUT2D eigenvalue weighted by Gasteiger charge is -2.22. The lowest BCUT2D eigenvalue weighted by atomic mass is 9.96. The van der Waals surface area contributed by atoms with Gasteiger partial charge in [-0.3, -0.25) is 4.79 Å². The molecule has 3 heterocycles. The van der Waals surface area contributed by atoms with Crippen molar-refractivity contribution in [3.63, 3.8) is 0 Å². The quantitative estimate of drug-likeness (QED) is 0.679. The van der Waals surface area contributed by atoms with Gasteiger partial charge in [0.25, 0.3) is 5.91 Å². The molecule has 0 saturated heterocycles. The van der Waals surface area contributed by atoms with Gasteiger partial charge in [-0.25, -0.2) is 9.97 Å². The van der Waals surface area contributed by atoms with Gasteiger partial charge in [0.05, 0.1) is 22.0 Å². The van der Waals surface area contributed by atoms with E-state index in [0.29, 0.717) is 40.3 Å². The molecule has 28 heavy (non-hydrogen) atoms. The Morgan fingerprint density at radius 1 is 1.14 bits per heavy atom. The molecule has 144 valence electrons. The van der Waals surface area contributed by atoms with Crippen molar-refractivity contribution < 1.29 is 14.3 Å². The van der Waals surface area contributed by atoms with Gasteiger partial charge < -0.3 is 20.1 Å². The number of fused-ring (bicyclic) bond motifs is 2. The molecule has 0 spiro atoms. The van der Waals surface area contributed by atoms with Gasteiger partial charge in [-0.2, -0.15) is 0 Å². The first kappa shape index (κ1) is 17.2. The van der Waals surface area contributed by atoms with Crippen LogP contribution in [0.2, 0.25) is 0 Å². The topological polar surface area (TPSA) is 85.4 Å². The average molecular weight is 396 g/mol. The Balaban J connectivity index is 1.37. The molecule has 1 aliphatic heterocycles. The van der Waals surface area contributed by atoms with E-state index in [-0.39, 0.29) is 12.7 Å². The molecule has 1 aromatic carbocycles. The SMILES string of the molecule is O=C(Nc1ccc2c(c1)OCO2)c1csc2cnc(NC3CCCCC3)nc12. The second kappa shape index (κ2) is 7.27. The number of thiophene rings is 1. The number of carbonyl (C=O) groups is 1. The van der Waals surface area contributed by atoms with E-state index in [4.69, 9.17) is 9.47 Å². The number of carbonyl (C=O) groups excluding carboxylic acids is 1. The molecule has 3 aromatic rings. The number of rotatable bonds is 4. The molecule has 0 atom stereocenters. The highest BCUT2D eigenvalue weighted by molar-refractivity contribution is 7.17. The third-order valence-electron chi connectivity index (χ3n) is 5.13. The number of benzene rings is 1. The third-order valence-corrected chi connectivity index (χ3v) is 6.03. The second-order valence-corrected chi connectivity index (χ2v) is 7.97. The van der Waals surface area contributed by atoms with Gasteiger partial charge in [0.2, 0.25) is 12.7 Å². The summed E-state index contributed by atoms with van der Waals surface area (Å²) in [5, 5.41) is 8.17. The normalized spacial score (nSPS) is 16.3. The van der Waals surface area contributed by atoms with Crippen molar-refractivity contribution in [1.82, 2.24) is 9.97 Å². The highest BCUT2D eigenvalue weighted by Gasteiger charge is 2.19. The lowest BCUT2D eigenvalue weighted by molar-refractivity contribution is 0.102. The van der Waals surface area contributed by atoms with Crippen molar-refractivity contribution in [2.75, 3.05) is 17.4 Å². The van der Waals surface area contributed by atoms with Crippen LogP contribution in [-0.2, 0) is 0 Å². The predicted octanol–water partition coefficient (Wildman–Crippen LogP) is 4.42. The van der Waals surface area contributed by atoms with Crippen LogP contribution in [0.15, 0.2) is 29.8 Å². The Bertz CT molecular complexity index is 1030. The van der Waals surface area contributed by atoms with Gasteiger partial charge >= 0.3 is 0 Å². The van der Waals surface area contributed by atoms with E-state index in [1.165, 1.54) is 30.6 Å². The van der Waals surface area contributed by atoms with Crippen molar-refractivity contribution in [3.05, 3.63) is 35.3 Å². The van der Waals surface area contributed by atoms with Crippen molar-refractivity contribution in [1.29, 1.82) is 0 Å². The molecular formula is C20H20N4O3S. The monoisotopic (exact) mass is 396 g/mol. The summed E-state index contributed by atoms with van der Waals surface area (Å²) in [6.07, 6.45) is 7.84. The second-order valence-electron chi connectivity index (χ2n) is 7.06. The van der Waals surface area contributed by atoms with Crippen LogP contribution >= 0.6 is 11.3 Å². The Labute approximate surface area is 166 Å². The summed E-state index contributed by atoms with van der Waals surface area (Å²) < 4.78 is 11.6. The molecule has 1 amide bonds. The zero-order valence-corrected chi connectivity index (χ0v) is 16.1. The van der Waals surface area contributed by atoms with Gasteiger partial charge in [-0.1, -0.05) is 19.3 Å². The molecule has 2 aromatic heterocycles. The Morgan fingerprint density at radius 2 is 2.00 bits per heavy atom. The van der Waals surface area contributed by atoms with Crippen molar-refractivity contribution in [3.8, 4) is 11.5 Å². The standard InChI is InChI=1S/C20H20N4O3S/c25-19(22-13-6-7-15-16(8-13)27-11-26-15)14-10-28-17-9-21-20(24-18(14)17)23-12-4-2-1-3-5-12/h6-10,12H,1-5,11H2,(H,22,25)(H,21,23,24). The minimum absolute atomic E-state index is 0.201. The molecule has 5 rings (SSSR count). The van der Waals surface area contributed by atoms with Crippen LogP contribution in [0.4, 0.5) is 11.6 Å². The number of hydrogen-bond donors (Lipinski definition) is 2. The van der Waals surface area contributed by atoms with Crippen LogP contribution in [0.3, 0.4) is 0 Å². The maximum Gasteiger partial charge on any atom is 0.258 e. The maximum absolute atomic E-state index is 12.8. The number of amides is 1. The van der Waals surface area contributed by atoms with Crippen LogP contribution < -0.4 is 20.1 Å². The summed E-state index contributed by atoms with van der Waals surface area (Å²) in [6, 6.07) is 5.76. The fraction of sp³-hybridized carbons (Fsp3) is 0.350. The number of nitrogens with one attached hydrogen (secondary N) is 2. The summed E-state index contributed by atoms with van der Waals surface area (Å²) in [4.78, 5) is 21.9. The van der Waals surface area contributed by atoms with Crippen LogP contribution in [0, 0.1) is 0 Å². The van der Waals surface area contributed by atoms with Crippen LogP contribution in [-0.4, -0.2) is 28.7 Å². The fourth-order valence-corrected chi connectivity index (χ4v) is 4.51. The molecule has 2 aliphatic rings. The molecule has 1 fully saturated rings. The number of ether oxygens (including phenoxy) is 2. The molecule has 0 bridgehead atoms. The predicted molar refractivity (Wildman–Crippen MR) is 108 cm³/mol. The number of aromatic nitrogens is 2. The largest absolute Gasteiger partial charge is 0.454 e. The van der Waals surface area contributed by atoms with Crippen molar-refractivity contribution in [2.24, 2.45) is 0 Å². The minimum atomic E-state index is -0.201. The first-order chi connectivity index (χ1) is 13.8. The average Bonchev–Trinajstić information content (AvgIpc) is 3.35. The van der Waals surface area contributed by atoms with Gasteiger partial charge in [-0.05, 0) is 25.0 Å². The van der Waals surface area contributed by atoms with E-state index >= 15 is 0 Å². The van der Waals surface area contributed by atoms with E-state index in [1.54, 1.807) is 24.4 Å². The Morgan fingerprint density at radius 3 is 2.89 bits per heavy atom. The van der Waals surface area contributed by atoms with Gasteiger partial charge in [0, 0.05) is 23.2 Å². The third kappa shape index (κ3) is 3.35. The Kier molecular flexibility index (Phi) is 4.48. The molecule has 0 radical (unpaired) electrons. The highest BCUT2D eigenvalue weighted by atomic mass is 32.1. The summed E-state index contributed by atoms with van der Waals surface area (Å²) in [6.45, 7) is 0.204. The molecule has 1 aliphatic carbocycles. The first-order valence-electron chi connectivity index (χ1n) is 9.48. The zero-order chi connectivity index (χ0) is 18.9. The van der Waals surface area contributed by atoms with Crippen LogP contribution in [0.5, 0.6) is 11.5 Å². The van der Waals surface area contributed by atoms with Crippen LogP contribution in [0.1, 0.15) is 42.5 Å². The summed E-state index contributed by atoms with van der Waals surface area (Å²) in [5.74, 6) is 1.71. The lowest BCUT2D eigenvalue weighted by Crippen LogP contribution is -2.23. The van der Waals surface area contributed by atoms with Crippen LogP contribution in [0.25, 0.3) is 10.2 Å². The van der Waals surface area contributed by atoms with E-state index in [1.807, 2.05) is 5.38 Å². The number of anilines is 2. The molecule has 8 heteroatoms. The summed E-state index contributed by atoms with van der Waals surface area (Å²) in [7, 11) is 0. The fourth-order valence-electron chi connectivity index (χ4n) is 3.66. The van der Waals surface area contributed by atoms with E-state index in [0.717, 1.165) is 17.5 Å². The van der Waals surface area contributed by atoms with E-state index in [2.05, 4.69) is 20.6 Å². The molecule has 1 saturated carbocycles. The van der Waals surface area contributed by atoms with Crippen molar-refractivity contribution >= 4 is 39.1 Å². The first-order valence-corrected chi connectivity index (χ1v) is 10.4. The van der Waals surface area contributed by atoms with E-state index in [9.17, 15) is 4.79 Å². The molecular weight excluding hydrogens is 376 g/mol. The smallest absolute Gasteiger partial charge is 0.258 e.